The first kappa shape index (κ1) is 16.3. The summed E-state index contributed by atoms with van der Waals surface area (Å²) < 4.78 is 1.72. The van der Waals surface area contributed by atoms with Crippen LogP contribution in [0.1, 0.15) is 30.2 Å². The van der Waals surface area contributed by atoms with Crippen molar-refractivity contribution in [2.24, 2.45) is 5.92 Å². The van der Waals surface area contributed by atoms with Gasteiger partial charge in [0.05, 0.1) is 17.5 Å². The number of piperidine rings is 1. The first-order valence-corrected chi connectivity index (χ1v) is 8.87. The molecule has 0 amide bonds. The summed E-state index contributed by atoms with van der Waals surface area (Å²) in [6.07, 6.45) is 4.80. The second kappa shape index (κ2) is 7.33. The normalized spacial score (nSPS) is 18.2. The highest BCUT2D eigenvalue weighted by atomic mass is 32.1. The third kappa shape index (κ3) is 4.04. The number of nitrogens with zero attached hydrogens (tertiary/aromatic N) is 4. The summed E-state index contributed by atoms with van der Waals surface area (Å²) in [5.74, 6) is 0.490. The molecular weight excluding hydrogens is 312 g/mol. The van der Waals surface area contributed by atoms with Gasteiger partial charge in [-0.1, -0.05) is 0 Å². The Balaban J connectivity index is 1.50. The summed E-state index contributed by atoms with van der Waals surface area (Å²) in [5, 5.41) is 12.1. The molecule has 0 spiro atoms. The fraction of sp³-hybridized carbons (Fsp3) is 0.562. The Morgan fingerprint density at radius 1 is 1.43 bits per heavy atom. The van der Waals surface area contributed by atoms with Crippen molar-refractivity contribution < 1.29 is 5.11 Å². The third-order valence-corrected chi connectivity index (χ3v) is 5.06. The lowest BCUT2D eigenvalue weighted by molar-refractivity contribution is 0.0843. The highest BCUT2D eigenvalue weighted by molar-refractivity contribution is 7.07. The maximum absolute atomic E-state index is 12.1. The van der Waals surface area contributed by atoms with Gasteiger partial charge in [0, 0.05) is 30.2 Å². The third-order valence-electron chi connectivity index (χ3n) is 4.46. The SMILES string of the molecule is Cc1cncn(CC2CCN(CC(O)c3cscn3)CC2)c1=O. The van der Waals surface area contributed by atoms with Crippen LogP contribution in [0.2, 0.25) is 0 Å². The lowest BCUT2D eigenvalue weighted by atomic mass is 9.96. The van der Waals surface area contributed by atoms with E-state index in [0.29, 0.717) is 18.0 Å². The van der Waals surface area contributed by atoms with E-state index in [1.807, 2.05) is 5.38 Å². The minimum absolute atomic E-state index is 0.0568. The number of hydrogen-bond acceptors (Lipinski definition) is 6. The highest BCUT2D eigenvalue weighted by Crippen LogP contribution is 2.21. The van der Waals surface area contributed by atoms with Crippen molar-refractivity contribution in [2.45, 2.75) is 32.4 Å². The van der Waals surface area contributed by atoms with Crippen LogP contribution in [-0.2, 0) is 6.54 Å². The zero-order valence-electron chi connectivity index (χ0n) is 13.3. The standard InChI is InChI=1S/C16H22N4O2S/c1-12-6-17-10-20(16(12)22)7-13-2-4-19(5-3-13)8-15(21)14-9-23-11-18-14/h6,9-11,13,15,21H,2-5,7-8H2,1H3. The first-order chi connectivity index (χ1) is 11.1. The summed E-state index contributed by atoms with van der Waals surface area (Å²) in [4.78, 5) is 22.6. The summed E-state index contributed by atoms with van der Waals surface area (Å²) in [7, 11) is 0. The molecule has 7 heteroatoms. The molecule has 1 atom stereocenters. The molecule has 0 aromatic carbocycles. The van der Waals surface area contributed by atoms with Gasteiger partial charge in [-0.15, -0.1) is 11.3 Å². The molecule has 0 saturated carbocycles. The average Bonchev–Trinajstić information content (AvgIpc) is 3.08. The molecule has 0 aliphatic carbocycles. The fourth-order valence-electron chi connectivity index (χ4n) is 3.04. The summed E-state index contributed by atoms with van der Waals surface area (Å²) in [6, 6.07) is 0. The summed E-state index contributed by atoms with van der Waals surface area (Å²) in [5.41, 5.74) is 3.26. The van der Waals surface area contributed by atoms with E-state index >= 15 is 0 Å². The summed E-state index contributed by atoms with van der Waals surface area (Å²) >= 11 is 1.51. The van der Waals surface area contributed by atoms with Gasteiger partial charge in [0.1, 0.15) is 6.10 Å². The van der Waals surface area contributed by atoms with Crippen molar-refractivity contribution in [2.75, 3.05) is 19.6 Å². The molecule has 2 aromatic rings. The van der Waals surface area contributed by atoms with Crippen LogP contribution < -0.4 is 5.56 Å². The molecule has 1 aliphatic heterocycles. The van der Waals surface area contributed by atoms with Crippen molar-refractivity contribution in [3.63, 3.8) is 0 Å². The van der Waals surface area contributed by atoms with E-state index in [4.69, 9.17) is 0 Å². The van der Waals surface area contributed by atoms with Crippen LogP contribution in [0.4, 0.5) is 0 Å². The number of β-amino-alcohol motifs (C(OH)–C–C–N with tert-alkyl or cyclic N) is 1. The van der Waals surface area contributed by atoms with Crippen LogP contribution in [0, 0.1) is 12.8 Å². The maximum Gasteiger partial charge on any atom is 0.256 e. The van der Waals surface area contributed by atoms with Crippen LogP contribution in [0.25, 0.3) is 0 Å². The predicted octanol–water partition coefficient (Wildman–Crippen LogP) is 1.45. The van der Waals surface area contributed by atoms with Crippen molar-refractivity contribution in [1.29, 1.82) is 0 Å². The molecule has 3 heterocycles. The minimum Gasteiger partial charge on any atom is -0.385 e. The Morgan fingerprint density at radius 3 is 2.91 bits per heavy atom. The number of aryl methyl sites for hydroxylation is 1. The topological polar surface area (TPSA) is 71.2 Å². The Morgan fingerprint density at radius 2 is 2.22 bits per heavy atom. The van der Waals surface area contributed by atoms with Gasteiger partial charge in [-0.25, -0.2) is 9.97 Å². The van der Waals surface area contributed by atoms with E-state index in [1.165, 1.54) is 11.3 Å². The molecule has 1 aliphatic rings. The molecule has 3 rings (SSSR count). The van der Waals surface area contributed by atoms with Crippen LogP contribution in [0.5, 0.6) is 0 Å². The Kier molecular flexibility index (Phi) is 5.20. The number of aliphatic hydroxyl groups is 1. The Labute approximate surface area is 139 Å². The minimum atomic E-state index is -0.513. The zero-order chi connectivity index (χ0) is 16.2. The molecule has 1 unspecified atom stereocenters. The van der Waals surface area contributed by atoms with Gasteiger partial charge in [0.25, 0.3) is 5.56 Å². The second-order valence-corrected chi connectivity index (χ2v) is 6.93. The molecule has 0 bridgehead atoms. The van der Waals surface area contributed by atoms with Gasteiger partial charge in [0.2, 0.25) is 0 Å². The molecule has 1 saturated heterocycles. The fourth-order valence-corrected chi connectivity index (χ4v) is 3.64. The lowest BCUT2D eigenvalue weighted by Gasteiger charge is -2.33. The van der Waals surface area contributed by atoms with Crippen LogP contribution in [0.3, 0.4) is 0 Å². The number of thiazole rings is 1. The van der Waals surface area contributed by atoms with Gasteiger partial charge >= 0.3 is 0 Å². The van der Waals surface area contributed by atoms with Gasteiger partial charge in [0.15, 0.2) is 0 Å². The predicted molar refractivity (Wildman–Crippen MR) is 89.5 cm³/mol. The molecule has 23 heavy (non-hydrogen) atoms. The van der Waals surface area contributed by atoms with Gasteiger partial charge in [-0.3, -0.25) is 9.36 Å². The van der Waals surface area contributed by atoms with Gasteiger partial charge < -0.3 is 10.0 Å². The molecule has 6 nitrogen and oxygen atoms in total. The molecular formula is C16H22N4O2S. The van der Waals surface area contributed by atoms with E-state index < -0.39 is 6.10 Å². The van der Waals surface area contributed by atoms with E-state index in [9.17, 15) is 9.90 Å². The molecule has 2 aromatic heterocycles. The van der Waals surface area contributed by atoms with Crippen molar-refractivity contribution >= 4 is 11.3 Å². The van der Waals surface area contributed by atoms with Crippen molar-refractivity contribution in [1.82, 2.24) is 19.4 Å². The lowest BCUT2D eigenvalue weighted by Crippen LogP contribution is -2.38. The van der Waals surface area contributed by atoms with E-state index in [0.717, 1.165) is 38.2 Å². The maximum atomic E-state index is 12.1. The first-order valence-electron chi connectivity index (χ1n) is 7.93. The van der Waals surface area contributed by atoms with Crippen molar-refractivity contribution in [3.05, 3.63) is 45.0 Å². The average molecular weight is 334 g/mol. The smallest absolute Gasteiger partial charge is 0.256 e. The Bertz CT molecular complexity index is 678. The van der Waals surface area contributed by atoms with E-state index in [-0.39, 0.29) is 5.56 Å². The highest BCUT2D eigenvalue weighted by Gasteiger charge is 2.22. The van der Waals surface area contributed by atoms with Crippen LogP contribution >= 0.6 is 11.3 Å². The second-order valence-electron chi connectivity index (χ2n) is 6.21. The largest absolute Gasteiger partial charge is 0.385 e. The number of aromatic nitrogens is 3. The monoisotopic (exact) mass is 334 g/mol. The molecule has 1 fully saturated rings. The number of likely N-dealkylation sites (tertiary alicyclic amines) is 1. The van der Waals surface area contributed by atoms with E-state index in [2.05, 4.69) is 14.9 Å². The Hall–Kier alpha value is -1.57. The number of rotatable bonds is 5. The van der Waals surface area contributed by atoms with E-state index in [1.54, 1.807) is 29.5 Å². The van der Waals surface area contributed by atoms with Gasteiger partial charge in [-0.05, 0) is 38.8 Å². The van der Waals surface area contributed by atoms with Gasteiger partial charge in [-0.2, -0.15) is 0 Å². The number of aliphatic hydroxyl groups excluding tert-OH is 1. The van der Waals surface area contributed by atoms with Crippen LogP contribution in [0.15, 0.2) is 28.2 Å². The summed E-state index contributed by atoms with van der Waals surface area (Å²) in [6.45, 7) is 5.05. The molecule has 0 radical (unpaired) electrons. The zero-order valence-corrected chi connectivity index (χ0v) is 14.1. The number of hydrogen-bond donors (Lipinski definition) is 1. The van der Waals surface area contributed by atoms with Crippen LogP contribution in [-0.4, -0.2) is 44.2 Å². The molecule has 124 valence electrons. The quantitative estimate of drug-likeness (QED) is 0.896. The van der Waals surface area contributed by atoms with Crippen molar-refractivity contribution in [3.8, 4) is 0 Å². The molecule has 1 N–H and O–H groups in total.